The number of nitrogens with zero attached hydrogens (tertiary/aromatic N) is 1. The molecule has 0 heterocycles. The van der Waals surface area contributed by atoms with E-state index in [0.29, 0.717) is 12.1 Å². The molecule has 0 aromatic rings. The maximum Gasteiger partial charge on any atom is 0.242 e. The Morgan fingerprint density at radius 1 is 1.04 bits per heavy atom. The van der Waals surface area contributed by atoms with Crippen LogP contribution in [0.4, 0.5) is 0 Å². The molecular weight excluding hydrogens is 403 g/mol. The molecule has 2 aliphatic rings. The molecule has 0 bridgehead atoms. The SMILES string of the molecule is CCNC(=NCC(=O)NC1CC1)NC1CCC(C(C)C)CC1.I. The number of carbonyl (C=O) groups excluding carboxylic acids is 1. The van der Waals surface area contributed by atoms with Gasteiger partial charge in [0.2, 0.25) is 5.91 Å². The van der Waals surface area contributed by atoms with Crippen molar-refractivity contribution >= 4 is 35.8 Å². The maximum atomic E-state index is 11.7. The van der Waals surface area contributed by atoms with Crippen LogP contribution in [0.3, 0.4) is 0 Å². The van der Waals surface area contributed by atoms with Crippen molar-refractivity contribution in [2.45, 2.75) is 71.4 Å². The van der Waals surface area contributed by atoms with Crippen LogP contribution in [0.25, 0.3) is 0 Å². The third-order valence-corrected chi connectivity index (χ3v) is 4.72. The highest BCUT2D eigenvalue weighted by Crippen LogP contribution is 2.29. The van der Waals surface area contributed by atoms with Crippen LogP contribution in [0.15, 0.2) is 4.99 Å². The van der Waals surface area contributed by atoms with Gasteiger partial charge in [0.15, 0.2) is 5.96 Å². The number of nitrogens with one attached hydrogen (secondary N) is 3. The van der Waals surface area contributed by atoms with Crippen molar-refractivity contribution in [1.29, 1.82) is 0 Å². The number of carbonyl (C=O) groups is 1. The Hall–Kier alpha value is -0.530. The van der Waals surface area contributed by atoms with Gasteiger partial charge in [-0.1, -0.05) is 13.8 Å². The number of hydrogen-bond donors (Lipinski definition) is 3. The van der Waals surface area contributed by atoms with E-state index in [2.05, 4.69) is 41.7 Å². The summed E-state index contributed by atoms with van der Waals surface area (Å²) in [5, 5.41) is 9.72. The largest absolute Gasteiger partial charge is 0.357 e. The summed E-state index contributed by atoms with van der Waals surface area (Å²) in [7, 11) is 0. The van der Waals surface area contributed by atoms with Crippen molar-refractivity contribution in [2.24, 2.45) is 16.8 Å². The molecule has 2 fully saturated rings. The van der Waals surface area contributed by atoms with E-state index in [9.17, 15) is 4.79 Å². The first-order chi connectivity index (χ1) is 10.6. The Labute approximate surface area is 157 Å². The molecule has 2 rings (SSSR count). The molecule has 0 aliphatic heterocycles. The molecule has 0 aromatic heterocycles. The summed E-state index contributed by atoms with van der Waals surface area (Å²) in [6.07, 6.45) is 7.20. The summed E-state index contributed by atoms with van der Waals surface area (Å²) in [6.45, 7) is 7.73. The molecule has 0 aromatic carbocycles. The zero-order chi connectivity index (χ0) is 15.9. The van der Waals surface area contributed by atoms with Crippen LogP contribution in [-0.2, 0) is 4.79 Å². The van der Waals surface area contributed by atoms with Gasteiger partial charge >= 0.3 is 0 Å². The third-order valence-electron chi connectivity index (χ3n) is 4.72. The van der Waals surface area contributed by atoms with Crippen LogP contribution >= 0.6 is 24.0 Å². The molecule has 3 N–H and O–H groups in total. The van der Waals surface area contributed by atoms with Gasteiger partial charge in [0.05, 0.1) is 0 Å². The van der Waals surface area contributed by atoms with Crippen molar-refractivity contribution in [1.82, 2.24) is 16.0 Å². The highest BCUT2D eigenvalue weighted by Gasteiger charge is 2.24. The van der Waals surface area contributed by atoms with E-state index >= 15 is 0 Å². The number of aliphatic imine (C=N–C) groups is 1. The van der Waals surface area contributed by atoms with E-state index in [1.165, 1.54) is 25.7 Å². The average molecular weight is 436 g/mol. The molecule has 6 heteroatoms. The fraction of sp³-hybridized carbons (Fsp3) is 0.882. The van der Waals surface area contributed by atoms with E-state index in [4.69, 9.17) is 0 Å². The van der Waals surface area contributed by atoms with Crippen molar-refractivity contribution in [3.63, 3.8) is 0 Å². The van der Waals surface area contributed by atoms with Crippen LogP contribution in [0.1, 0.15) is 59.3 Å². The van der Waals surface area contributed by atoms with Gasteiger partial charge in [-0.15, -0.1) is 24.0 Å². The van der Waals surface area contributed by atoms with Crippen molar-refractivity contribution in [3.8, 4) is 0 Å². The maximum absolute atomic E-state index is 11.7. The highest BCUT2D eigenvalue weighted by atomic mass is 127. The fourth-order valence-corrected chi connectivity index (χ4v) is 3.10. The molecule has 0 unspecified atom stereocenters. The fourth-order valence-electron chi connectivity index (χ4n) is 3.10. The van der Waals surface area contributed by atoms with Gasteiger partial charge in [-0.3, -0.25) is 4.79 Å². The Bertz CT molecular complexity index is 388. The van der Waals surface area contributed by atoms with Crippen molar-refractivity contribution in [2.75, 3.05) is 13.1 Å². The Kier molecular flexibility index (Phi) is 9.24. The Morgan fingerprint density at radius 3 is 2.13 bits per heavy atom. The number of guanidine groups is 1. The van der Waals surface area contributed by atoms with Crippen molar-refractivity contribution in [3.05, 3.63) is 0 Å². The first-order valence-corrected chi connectivity index (χ1v) is 8.92. The smallest absolute Gasteiger partial charge is 0.242 e. The van der Waals surface area contributed by atoms with Crippen LogP contribution in [0, 0.1) is 11.8 Å². The minimum Gasteiger partial charge on any atom is -0.357 e. The van der Waals surface area contributed by atoms with Gasteiger partial charge in [0.1, 0.15) is 6.54 Å². The quantitative estimate of drug-likeness (QED) is 0.341. The summed E-state index contributed by atoms with van der Waals surface area (Å²) in [5.41, 5.74) is 0. The summed E-state index contributed by atoms with van der Waals surface area (Å²) < 4.78 is 0. The van der Waals surface area contributed by atoms with Gasteiger partial charge in [0, 0.05) is 18.6 Å². The van der Waals surface area contributed by atoms with Gasteiger partial charge in [0.25, 0.3) is 0 Å². The first-order valence-electron chi connectivity index (χ1n) is 8.92. The second kappa shape index (κ2) is 10.4. The summed E-state index contributed by atoms with van der Waals surface area (Å²) in [6, 6.07) is 0.892. The molecule has 2 saturated carbocycles. The summed E-state index contributed by atoms with van der Waals surface area (Å²) in [5.74, 6) is 2.46. The molecule has 0 spiro atoms. The monoisotopic (exact) mass is 436 g/mol. The van der Waals surface area contributed by atoms with E-state index in [-0.39, 0.29) is 36.4 Å². The predicted molar refractivity (Wildman–Crippen MR) is 106 cm³/mol. The zero-order valence-electron chi connectivity index (χ0n) is 14.7. The lowest BCUT2D eigenvalue weighted by molar-refractivity contribution is -0.119. The van der Waals surface area contributed by atoms with E-state index in [1.54, 1.807) is 0 Å². The minimum atomic E-state index is 0. The molecular formula is C17H33IN4O. The predicted octanol–water partition coefficient (Wildman–Crippen LogP) is 2.65. The lowest BCUT2D eigenvalue weighted by atomic mass is 9.80. The normalized spacial score (nSPS) is 24.8. The Balaban J connectivity index is 0.00000264. The van der Waals surface area contributed by atoms with Crippen LogP contribution in [0.5, 0.6) is 0 Å². The third kappa shape index (κ3) is 7.72. The van der Waals surface area contributed by atoms with E-state index in [1.807, 2.05) is 0 Å². The lowest BCUT2D eigenvalue weighted by Gasteiger charge is -2.32. The van der Waals surface area contributed by atoms with Gasteiger partial charge in [-0.25, -0.2) is 4.99 Å². The molecule has 0 saturated heterocycles. The van der Waals surface area contributed by atoms with E-state index in [0.717, 1.165) is 37.2 Å². The standard InChI is InChI=1S/C17H32N4O.HI/c1-4-18-17(19-11-16(22)20-14-9-10-14)21-15-7-5-13(6-8-15)12(2)3;/h12-15H,4-11H2,1-3H3,(H,20,22)(H2,18,19,21);1H. The molecule has 0 atom stereocenters. The van der Waals surface area contributed by atoms with Gasteiger partial charge in [-0.2, -0.15) is 0 Å². The topological polar surface area (TPSA) is 65.5 Å². The van der Waals surface area contributed by atoms with Crippen LogP contribution in [-0.4, -0.2) is 37.0 Å². The van der Waals surface area contributed by atoms with Gasteiger partial charge in [-0.05, 0) is 57.3 Å². The second-order valence-electron chi connectivity index (χ2n) is 7.04. The molecule has 0 radical (unpaired) electrons. The number of amides is 1. The van der Waals surface area contributed by atoms with Crippen LogP contribution < -0.4 is 16.0 Å². The Morgan fingerprint density at radius 2 is 1.61 bits per heavy atom. The zero-order valence-corrected chi connectivity index (χ0v) is 17.1. The molecule has 5 nitrogen and oxygen atoms in total. The molecule has 1 amide bonds. The van der Waals surface area contributed by atoms with Crippen LogP contribution in [0.2, 0.25) is 0 Å². The molecule has 134 valence electrons. The van der Waals surface area contributed by atoms with Gasteiger partial charge < -0.3 is 16.0 Å². The highest BCUT2D eigenvalue weighted by molar-refractivity contribution is 14.0. The van der Waals surface area contributed by atoms with Crippen molar-refractivity contribution < 1.29 is 4.79 Å². The number of hydrogen-bond acceptors (Lipinski definition) is 2. The minimum absolute atomic E-state index is 0. The summed E-state index contributed by atoms with van der Waals surface area (Å²) in [4.78, 5) is 16.2. The number of halogens is 1. The second-order valence-corrected chi connectivity index (χ2v) is 7.04. The summed E-state index contributed by atoms with van der Waals surface area (Å²) >= 11 is 0. The average Bonchev–Trinajstić information content (AvgIpc) is 3.29. The first kappa shape index (κ1) is 20.5. The number of rotatable bonds is 6. The van der Waals surface area contributed by atoms with E-state index < -0.39 is 0 Å². The lowest BCUT2D eigenvalue weighted by Crippen LogP contribution is -2.45. The molecule has 2 aliphatic carbocycles. The molecule has 23 heavy (non-hydrogen) atoms.